The predicted molar refractivity (Wildman–Crippen MR) is 117 cm³/mol. The van der Waals surface area contributed by atoms with E-state index < -0.39 is 11.2 Å². The van der Waals surface area contributed by atoms with Crippen LogP contribution >= 0.6 is 0 Å². The maximum Gasteiger partial charge on any atom is 0.134 e. The number of nitrogens with zero attached hydrogens (tertiary/aromatic N) is 2. The summed E-state index contributed by atoms with van der Waals surface area (Å²) in [4.78, 5) is 4.25. The molecular formula is C24H31FN2O4. The van der Waals surface area contributed by atoms with Crippen molar-refractivity contribution in [2.45, 2.75) is 24.0 Å². The summed E-state index contributed by atoms with van der Waals surface area (Å²) in [6.45, 7) is 3.74. The molecule has 0 saturated carbocycles. The van der Waals surface area contributed by atoms with Crippen LogP contribution in [0.25, 0.3) is 0 Å². The van der Waals surface area contributed by atoms with Gasteiger partial charge in [0.15, 0.2) is 0 Å². The Kier molecular flexibility index (Phi) is 6.77. The molecule has 0 spiro atoms. The van der Waals surface area contributed by atoms with Gasteiger partial charge in [-0.1, -0.05) is 18.2 Å². The molecule has 0 radical (unpaired) electrons. The molecule has 31 heavy (non-hydrogen) atoms. The van der Waals surface area contributed by atoms with Gasteiger partial charge in [0, 0.05) is 38.4 Å². The number of benzene rings is 2. The zero-order valence-electron chi connectivity index (χ0n) is 17.8. The topological polar surface area (TPSA) is 65.4 Å². The molecule has 2 saturated heterocycles. The highest BCUT2D eigenvalue weighted by Gasteiger charge is 2.39. The summed E-state index contributed by atoms with van der Waals surface area (Å²) in [5.74, 6) is 0.461. The van der Waals surface area contributed by atoms with Crippen LogP contribution < -0.4 is 9.64 Å². The van der Waals surface area contributed by atoms with Crippen molar-refractivity contribution >= 4 is 5.69 Å². The maximum absolute atomic E-state index is 13.2. The summed E-state index contributed by atoms with van der Waals surface area (Å²) in [6, 6.07) is 15.9. The average molecular weight is 431 g/mol. The second kappa shape index (κ2) is 9.53. The molecule has 0 bridgehead atoms. The van der Waals surface area contributed by atoms with Crippen LogP contribution in [0.5, 0.6) is 5.75 Å². The molecule has 2 N–H and O–H groups in total. The quantitative estimate of drug-likeness (QED) is 0.733. The lowest BCUT2D eigenvalue weighted by Crippen LogP contribution is -2.55. The highest BCUT2D eigenvalue weighted by molar-refractivity contribution is 5.46. The van der Waals surface area contributed by atoms with Crippen LogP contribution in [0.15, 0.2) is 54.6 Å². The second-order valence-corrected chi connectivity index (χ2v) is 8.78. The molecule has 2 heterocycles. The molecule has 2 aliphatic rings. The molecule has 2 aromatic carbocycles. The Morgan fingerprint density at radius 2 is 1.65 bits per heavy atom. The Morgan fingerprint density at radius 1 is 0.935 bits per heavy atom. The number of para-hydroxylation sites is 1. The summed E-state index contributed by atoms with van der Waals surface area (Å²) in [6.07, 6.45) is 1.22. The van der Waals surface area contributed by atoms with E-state index in [0.29, 0.717) is 57.9 Å². The summed E-state index contributed by atoms with van der Waals surface area (Å²) >= 11 is 0. The van der Waals surface area contributed by atoms with E-state index in [-0.39, 0.29) is 19.0 Å². The molecule has 0 aliphatic carbocycles. The Balaban J connectivity index is 1.32. The van der Waals surface area contributed by atoms with Gasteiger partial charge < -0.3 is 24.6 Å². The first-order valence-corrected chi connectivity index (χ1v) is 10.9. The first kappa shape index (κ1) is 22.0. The Hall–Kier alpha value is -2.19. The zero-order valence-corrected chi connectivity index (χ0v) is 17.8. The molecule has 2 aliphatic heterocycles. The molecule has 0 aromatic heterocycles. The standard InChI is InChI=1S/C24H31FN2O4/c25-20-6-8-21(9-7-20)27-12-10-23(28,11-13-27)16-26-14-15-30-18-24(29,17-26)19-31-22-4-2-1-3-5-22/h1-9,28-29H,10-19H2/t24-/m1/s1. The normalized spacial score (nSPS) is 24.5. The van der Waals surface area contributed by atoms with Crippen molar-refractivity contribution in [3.8, 4) is 5.75 Å². The van der Waals surface area contributed by atoms with E-state index in [1.54, 1.807) is 12.1 Å². The lowest BCUT2D eigenvalue weighted by Gasteiger charge is -2.42. The number of ether oxygens (including phenoxy) is 2. The number of hydrogen-bond acceptors (Lipinski definition) is 6. The van der Waals surface area contributed by atoms with E-state index in [1.807, 2.05) is 30.3 Å². The van der Waals surface area contributed by atoms with Gasteiger partial charge in [0.1, 0.15) is 23.8 Å². The third-order valence-electron chi connectivity index (χ3n) is 6.10. The second-order valence-electron chi connectivity index (χ2n) is 8.78. The smallest absolute Gasteiger partial charge is 0.134 e. The highest BCUT2D eigenvalue weighted by atomic mass is 19.1. The molecule has 2 aromatic rings. The van der Waals surface area contributed by atoms with E-state index >= 15 is 0 Å². The first-order valence-electron chi connectivity index (χ1n) is 10.9. The van der Waals surface area contributed by atoms with Crippen molar-refractivity contribution in [3.05, 3.63) is 60.4 Å². The van der Waals surface area contributed by atoms with Gasteiger partial charge in [-0.15, -0.1) is 0 Å². The van der Waals surface area contributed by atoms with E-state index in [4.69, 9.17) is 9.47 Å². The van der Waals surface area contributed by atoms with Gasteiger partial charge in [0.2, 0.25) is 0 Å². The van der Waals surface area contributed by atoms with Crippen LogP contribution in [0.3, 0.4) is 0 Å². The summed E-state index contributed by atoms with van der Waals surface area (Å²) in [7, 11) is 0. The van der Waals surface area contributed by atoms with Gasteiger partial charge in [0.05, 0.1) is 18.8 Å². The van der Waals surface area contributed by atoms with Crippen molar-refractivity contribution in [1.29, 1.82) is 0 Å². The minimum atomic E-state index is -1.14. The van der Waals surface area contributed by atoms with Crippen LogP contribution in [0.4, 0.5) is 10.1 Å². The van der Waals surface area contributed by atoms with Gasteiger partial charge >= 0.3 is 0 Å². The monoisotopic (exact) mass is 430 g/mol. The molecule has 7 heteroatoms. The lowest BCUT2D eigenvalue weighted by atomic mass is 9.90. The third-order valence-corrected chi connectivity index (χ3v) is 6.10. The Bertz CT molecular complexity index is 827. The fraction of sp³-hybridized carbons (Fsp3) is 0.500. The number of rotatable bonds is 6. The van der Waals surface area contributed by atoms with Crippen LogP contribution in [-0.4, -0.2) is 78.9 Å². The molecule has 0 amide bonds. The molecule has 168 valence electrons. The molecule has 0 unspecified atom stereocenters. The van der Waals surface area contributed by atoms with E-state index in [1.165, 1.54) is 12.1 Å². The minimum absolute atomic E-state index is 0.129. The number of anilines is 1. The lowest BCUT2D eigenvalue weighted by molar-refractivity contribution is -0.0742. The van der Waals surface area contributed by atoms with Crippen molar-refractivity contribution < 1.29 is 24.1 Å². The molecule has 6 nitrogen and oxygen atoms in total. The number of aliphatic hydroxyl groups is 2. The van der Waals surface area contributed by atoms with Crippen molar-refractivity contribution in [1.82, 2.24) is 4.90 Å². The molecule has 4 rings (SSSR count). The van der Waals surface area contributed by atoms with Crippen molar-refractivity contribution in [3.63, 3.8) is 0 Å². The maximum atomic E-state index is 13.2. The van der Waals surface area contributed by atoms with Gasteiger partial charge in [-0.3, -0.25) is 4.90 Å². The fourth-order valence-electron chi connectivity index (χ4n) is 4.36. The van der Waals surface area contributed by atoms with E-state index in [9.17, 15) is 14.6 Å². The largest absolute Gasteiger partial charge is 0.490 e. The van der Waals surface area contributed by atoms with E-state index in [0.717, 1.165) is 5.69 Å². The number of piperidine rings is 1. The Labute approximate surface area is 182 Å². The fourth-order valence-corrected chi connectivity index (χ4v) is 4.36. The number of β-amino-alcohol motifs (C(OH)–C–C–N with tert-alkyl or cyclic N) is 2. The third kappa shape index (κ3) is 5.95. The molecular weight excluding hydrogens is 399 g/mol. The van der Waals surface area contributed by atoms with Crippen LogP contribution in [-0.2, 0) is 4.74 Å². The summed E-state index contributed by atoms with van der Waals surface area (Å²) in [5, 5.41) is 22.3. The van der Waals surface area contributed by atoms with Gasteiger partial charge in [-0.05, 0) is 49.2 Å². The average Bonchev–Trinajstić information content (AvgIpc) is 2.95. The van der Waals surface area contributed by atoms with E-state index in [2.05, 4.69) is 9.80 Å². The number of halogens is 1. The first-order chi connectivity index (χ1) is 14.9. The minimum Gasteiger partial charge on any atom is -0.490 e. The zero-order chi connectivity index (χ0) is 21.7. The Morgan fingerprint density at radius 3 is 2.35 bits per heavy atom. The summed E-state index contributed by atoms with van der Waals surface area (Å²) < 4.78 is 24.6. The van der Waals surface area contributed by atoms with Gasteiger partial charge in [-0.2, -0.15) is 0 Å². The summed E-state index contributed by atoms with van der Waals surface area (Å²) in [5.41, 5.74) is -1.00. The SMILES string of the molecule is OC1(CN2CCOC[C@@](O)(COc3ccccc3)C2)CCN(c2ccc(F)cc2)CC1. The van der Waals surface area contributed by atoms with Gasteiger partial charge in [0.25, 0.3) is 0 Å². The van der Waals surface area contributed by atoms with Crippen LogP contribution in [0.2, 0.25) is 0 Å². The van der Waals surface area contributed by atoms with Gasteiger partial charge in [-0.25, -0.2) is 4.39 Å². The predicted octanol–water partition coefficient (Wildman–Crippen LogP) is 2.30. The molecule has 2 fully saturated rings. The number of hydrogen-bond donors (Lipinski definition) is 2. The van der Waals surface area contributed by atoms with Crippen molar-refractivity contribution in [2.75, 3.05) is 57.4 Å². The van der Waals surface area contributed by atoms with Crippen LogP contribution in [0.1, 0.15) is 12.8 Å². The molecule has 1 atom stereocenters. The van der Waals surface area contributed by atoms with Crippen LogP contribution in [0, 0.1) is 5.82 Å². The van der Waals surface area contributed by atoms with Crippen molar-refractivity contribution in [2.24, 2.45) is 0 Å². The highest BCUT2D eigenvalue weighted by Crippen LogP contribution is 2.28.